The van der Waals surface area contributed by atoms with Crippen LogP contribution in [-0.4, -0.2) is 29.5 Å². The van der Waals surface area contributed by atoms with E-state index in [9.17, 15) is 4.79 Å². The zero-order chi connectivity index (χ0) is 15.2. The molecule has 2 heterocycles. The van der Waals surface area contributed by atoms with Crippen LogP contribution in [0.5, 0.6) is 0 Å². The first-order valence-corrected chi connectivity index (χ1v) is 7.03. The SMILES string of the molecule is CCCNc1cc(C(=O)N(C)c2ccccn2)cc(C)n1. The minimum absolute atomic E-state index is 0.0984. The van der Waals surface area contributed by atoms with Gasteiger partial charge in [0.05, 0.1) is 0 Å². The number of hydrogen-bond acceptors (Lipinski definition) is 4. The summed E-state index contributed by atoms with van der Waals surface area (Å²) in [5, 5.41) is 3.21. The number of nitrogens with zero attached hydrogens (tertiary/aromatic N) is 3. The molecule has 0 radical (unpaired) electrons. The van der Waals surface area contributed by atoms with Gasteiger partial charge in [-0.3, -0.25) is 9.69 Å². The summed E-state index contributed by atoms with van der Waals surface area (Å²) in [6, 6.07) is 9.06. The van der Waals surface area contributed by atoms with Gasteiger partial charge < -0.3 is 5.32 Å². The van der Waals surface area contributed by atoms with Crippen LogP contribution >= 0.6 is 0 Å². The topological polar surface area (TPSA) is 58.1 Å². The Kier molecular flexibility index (Phi) is 4.87. The van der Waals surface area contributed by atoms with Crippen LogP contribution in [0.3, 0.4) is 0 Å². The summed E-state index contributed by atoms with van der Waals surface area (Å²) >= 11 is 0. The number of nitrogens with one attached hydrogen (secondary N) is 1. The normalized spacial score (nSPS) is 10.2. The number of hydrogen-bond donors (Lipinski definition) is 1. The lowest BCUT2D eigenvalue weighted by molar-refractivity contribution is 0.0992. The number of anilines is 2. The van der Waals surface area contributed by atoms with E-state index < -0.39 is 0 Å². The molecule has 1 amide bonds. The van der Waals surface area contributed by atoms with Gasteiger partial charge in [0.15, 0.2) is 0 Å². The Morgan fingerprint density at radius 2 is 2.14 bits per heavy atom. The van der Waals surface area contributed by atoms with Crippen LogP contribution in [0.25, 0.3) is 0 Å². The van der Waals surface area contributed by atoms with Gasteiger partial charge in [-0.2, -0.15) is 0 Å². The molecule has 5 heteroatoms. The molecular formula is C16H20N4O. The standard InChI is InChI=1S/C16H20N4O/c1-4-8-17-14-11-13(10-12(2)19-14)16(21)20(3)15-7-5-6-9-18-15/h5-7,9-11H,4,8H2,1-3H3,(H,17,19). The summed E-state index contributed by atoms with van der Waals surface area (Å²) in [6.45, 7) is 4.80. The van der Waals surface area contributed by atoms with Crippen LogP contribution in [0.4, 0.5) is 11.6 Å². The van der Waals surface area contributed by atoms with Gasteiger partial charge in [-0.05, 0) is 37.6 Å². The van der Waals surface area contributed by atoms with E-state index in [-0.39, 0.29) is 5.91 Å². The van der Waals surface area contributed by atoms with Crippen LogP contribution in [0.2, 0.25) is 0 Å². The predicted molar refractivity (Wildman–Crippen MR) is 84.7 cm³/mol. The highest BCUT2D eigenvalue weighted by atomic mass is 16.2. The Labute approximate surface area is 125 Å². The average molecular weight is 284 g/mol. The second-order valence-electron chi connectivity index (χ2n) is 4.86. The molecule has 2 rings (SSSR count). The highest BCUT2D eigenvalue weighted by Gasteiger charge is 2.15. The second-order valence-corrected chi connectivity index (χ2v) is 4.86. The number of carbonyl (C=O) groups is 1. The first-order valence-electron chi connectivity index (χ1n) is 7.03. The number of pyridine rings is 2. The molecule has 0 saturated carbocycles. The summed E-state index contributed by atoms with van der Waals surface area (Å²) < 4.78 is 0. The molecule has 0 bridgehead atoms. The van der Waals surface area contributed by atoms with E-state index in [2.05, 4.69) is 22.2 Å². The van der Waals surface area contributed by atoms with Crippen molar-refractivity contribution < 1.29 is 4.79 Å². The molecular weight excluding hydrogens is 264 g/mol. The molecule has 0 spiro atoms. The van der Waals surface area contributed by atoms with Crippen molar-refractivity contribution in [3.8, 4) is 0 Å². The Morgan fingerprint density at radius 1 is 1.33 bits per heavy atom. The fourth-order valence-corrected chi connectivity index (χ4v) is 1.99. The molecule has 0 aliphatic heterocycles. The van der Waals surface area contributed by atoms with Crippen LogP contribution in [0.1, 0.15) is 29.4 Å². The molecule has 0 aromatic carbocycles. The van der Waals surface area contributed by atoms with Gasteiger partial charge >= 0.3 is 0 Å². The van der Waals surface area contributed by atoms with Crippen molar-refractivity contribution in [2.24, 2.45) is 0 Å². The molecule has 0 atom stereocenters. The third-order valence-electron chi connectivity index (χ3n) is 3.05. The summed E-state index contributed by atoms with van der Waals surface area (Å²) in [6.07, 6.45) is 2.68. The molecule has 21 heavy (non-hydrogen) atoms. The number of carbonyl (C=O) groups excluding carboxylic acids is 1. The molecule has 0 unspecified atom stereocenters. The Hall–Kier alpha value is -2.43. The highest BCUT2D eigenvalue weighted by Crippen LogP contribution is 2.15. The van der Waals surface area contributed by atoms with E-state index >= 15 is 0 Å². The maximum atomic E-state index is 12.6. The van der Waals surface area contributed by atoms with Crippen molar-refractivity contribution >= 4 is 17.5 Å². The maximum absolute atomic E-state index is 12.6. The number of aromatic nitrogens is 2. The lowest BCUT2D eigenvalue weighted by Crippen LogP contribution is -2.27. The summed E-state index contributed by atoms with van der Waals surface area (Å²) in [5.74, 6) is 1.26. The molecule has 0 aliphatic rings. The second kappa shape index (κ2) is 6.83. The van der Waals surface area contributed by atoms with Crippen molar-refractivity contribution in [2.45, 2.75) is 20.3 Å². The molecule has 1 N–H and O–H groups in total. The Bertz CT molecular complexity index is 613. The monoisotopic (exact) mass is 284 g/mol. The summed E-state index contributed by atoms with van der Waals surface area (Å²) in [7, 11) is 1.72. The van der Waals surface area contributed by atoms with Crippen LogP contribution in [0.15, 0.2) is 36.5 Å². The number of aryl methyl sites for hydroxylation is 1. The first-order chi connectivity index (χ1) is 10.1. The van der Waals surface area contributed by atoms with Gasteiger partial charge in [-0.1, -0.05) is 13.0 Å². The maximum Gasteiger partial charge on any atom is 0.259 e. The van der Waals surface area contributed by atoms with Crippen molar-refractivity contribution in [1.82, 2.24) is 9.97 Å². The third-order valence-corrected chi connectivity index (χ3v) is 3.05. The van der Waals surface area contributed by atoms with Gasteiger partial charge in [0.1, 0.15) is 11.6 Å². The lowest BCUT2D eigenvalue weighted by Gasteiger charge is -2.17. The summed E-state index contributed by atoms with van der Waals surface area (Å²) in [4.78, 5) is 22.7. The van der Waals surface area contributed by atoms with Crippen LogP contribution in [-0.2, 0) is 0 Å². The molecule has 0 fully saturated rings. The van der Waals surface area contributed by atoms with E-state index in [4.69, 9.17) is 0 Å². The van der Waals surface area contributed by atoms with Crippen molar-refractivity contribution in [3.63, 3.8) is 0 Å². The van der Waals surface area contributed by atoms with E-state index in [0.29, 0.717) is 11.4 Å². The van der Waals surface area contributed by atoms with E-state index in [1.807, 2.05) is 25.1 Å². The van der Waals surface area contributed by atoms with E-state index in [1.54, 1.807) is 30.3 Å². The molecule has 0 saturated heterocycles. The Balaban J connectivity index is 2.24. The molecule has 2 aromatic rings. The fourth-order valence-electron chi connectivity index (χ4n) is 1.99. The minimum Gasteiger partial charge on any atom is -0.370 e. The number of rotatable bonds is 5. The lowest BCUT2D eigenvalue weighted by atomic mass is 10.2. The van der Waals surface area contributed by atoms with Gasteiger partial charge in [-0.25, -0.2) is 9.97 Å². The highest BCUT2D eigenvalue weighted by molar-refractivity contribution is 6.05. The zero-order valence-corrected chi connectivity index (χ0v) is 12.6. The average Bonchev–Trinajstić information content (AvgIpc) is 2.51. The first kappa shape index (κ1) is 15.0. The fraction of sp³-hybridized carbons (Fsp3) is 0.312. The summed E-state index contributed by atoms with van der Waals surface area (Å²) in [5.41, 5.74) is 1.42. The largest absolute Gasteiger partial charge is 0.370 e. The molecule has 110 valence electrons. The third kappa shape index (κ3) is 3.78. The van der Waals surface area contributed by atoms with Crippen molar-refractivity contribution in [1.29, 1.82) is 0 Å². The zero-order valence-electron chi connectivity index (χ0n) is 12.6. The molecule has 0 aliphatic carbocycles. The predicted octanol–water partition coefficient (Wildman–Crippen LogP) is 2.88. The van der Waals surface area contributed by atoms with E-state index in [1.165, 1.54) is 0 Å². The van der Waals surface area contributed by atoms with E-state index in [0.717, 1.165) is 24.5 Å². The van der Waals surface area contributed by atoms with Crippen LogP contribution < -0.4 is 10.2 Å². The quantitative estimate of drug-likeness (QED) is 0.917. The van der Waals surface area contributed by atoms with Gasteiger partial charge in [-0.15, -0.1) is 0 Å². The van der Waals surface area contributed by atoms with Crippen LogP contribution in [0, 0.1) is 6.92 Å². The van der Waals surface area contributed by atoms with Gasteiger partial charge in [0, 0.05) is 31.0 Å². The van der Waals surface area contributed by atoms with Crippen molar-refractivity contribution in [3.05, 3.63) is 47.8 Å². The smallest absolute Gasteiger partial charge is 0.259 e. The number of amides is 1. The van der Waals surface area contributed by atoms with Crippen molar-refractivity contribution in [2.75, 3.05) is 23.8 Å². The molecule has 2 aromatic heterocycles. The van der Waals surface area contributed by atoms with Gasteiger partial charge in [0.25, 0.3) is 5.91 Å². The van der Waals surface area contributed by atoms with Gasteiger partial charge in [0.2, 0.25) is 0 Å². The Morgan fingerprint density at radius 3 is 2.81 bits per heavy atom. The minimum atomic E-state index is -0.0984. The molecule has 5 nitrogen and oxygen atoms in total.